The second kappa shape index (κ2) is 6.73. The summed E-state index contributed by atoms with van der Waals surface area (Å²) >= 11 is 6.27. The van der Waals surface area contributed by atoms with Crippen LogP contribution in [0.15, 0.2) is 60.7 Å². The standard InChI is InChI=1S/C21H16ClN3O/c1-13-6-5-9-19(23-13)21-24-18-8-4-3-7-17(18)20(25-21)14-10-15(22)12-16(11-14)26-2/h3-12H,1-2H3. The zero-order valence-electron chi connectivity index (χ0n) is 14.4. The van der Waals surface area contributed by atoms with Gasteiger partial charge in [-0.3, -0.25) is 0 Å². The van der Waals surface area contributed by atoms with E-state index in [1.165, 1.54) is 0 Å². The molecule has 2 heterocycles. The number of aromatic nitrogens is 3. The van der Waals surface area contributed by atoms with Gasteiger partial charge in [-0.2, -0.15) is 0 Å². The van der Waals surface area contributed by atoms with Crippen LogP contribution in [0, 0.1) is 6.92 Å². The van der Waals surface area contributed by atoms with Gasteiger partial charge in [0, 0.05) is 21.7 Å². The van der Waals surface area contributed by atoms with Crippen LogP contribution >= 0.6 is 11.6 Å². The molecule has 0 saturated carbocycles. The summed E-state index contributed by atoms with van der Waals surface area (Å²) < 4.78 is 5.36. The Bertz CT molecular complexity index is 1110. The van der Waals surface area contributed by atoms with Gasteiger partial charge in [0.25, 0.3) is 0 Å². The first-order valence-corrected chi connectivity index (χ1v) is 8.57. The van der Waals surface area contributed by atoms with Gasteiger partial charge in [-0.1, -0.05) is 35.9 Å². The summed E-state index contributed by atoms with van der Waals surface area (Å²) in [7, 11) is 1.62. The molecule has 0 unspecified atom stereocenters. The summed E-state index contributed by atoms with van der Waals surface area (Å²) in [5, 5.41) is 1.55. The molecule has 0 bridgehead atoms. The fraction of sp³-hybridized carbons (Fsp3) is 0.0952. The molecule has 0 aliphatic heterocycles. The molecule has 4 rings (SSSR count). The summed E-state index contributed by atoms with van der Waals surface area (Å²) in [6.07, 6.45) is 0. The fourth-order valence-electron chi connectivity index (χ4n) is 2.90. The number of methoxy groups -OCH3 is 1. The average molecular weight is 362 g/mol. The number of ether oxygens (including phenoxy) is 1. The number of hydrogen-bond donors (Lipinski definition) is 0. The lowest BCUT2D eigenvalue weighted by atomic mass is 10.1. The van der Waals surface area contributed by atoms with Crippen molar-refractivity contribution >= 4 is 22.5 Å². The van der Waals surface area contributed by atoms with Crippen molar-refractivity contribution in [2.45, 2.75) is 6.92 Å². The summed E-state index contributed by atoms with van der Waals surface area (Å²) in [4.78, 5) is 14.1. The van der Waals surface area contributed by atoms with Gasteiger partial charge in [0.15, 0.2) is 5.82 Å². The van der Waals surface area contributed by atoms with Gasteiger partial charge in [0.05, 0.1) is 18.3 Å². The minimum absolute atomic E-state index is 0.585. The van der Waals surface area contributed by atoms with Crippen molar-refractivity contribution in [1.82, 2.24) is 15.0 Å². The minimum atomic E-state index is 0.585. The second-order valence-corrected chi connectivity index (χ2v) is 6.39. The van der Waals surface area contributed by atoms with Gasteiger partial charge >= 0.3 is 0 Å². The van der Waals surface area contributed by atoms with Gasteiger partial charge < -0.3 is 4.74 Å². The van der Waals surface area contributed by atoms with Crippen LogP contribution in [0.25, 0.3) is 33.7 Å². The van der Waals surface area contributed by atoms with Crippen LogP contribution in [-0.4, -0.2) is 22.1 Å². The monoisotopic (exact) mass is 361 g/mol. The number of aryl methyl sites for hydroxylation is 1. The number of pyridine rings is 1. The number of benzene rings is 2. The molecule has 0 N–H and O–H groups in total. The summed E-state index contributed by atoms with van der Waals surface area (Å²) in [6, 6.07) is 19.3. The molecular formula is C21H16ClN3O. The smallest absolute Gasteiger partial charge is 0.179 e. The van der Waals surface area contributed by atoms with Crippen molar-refractivity contribution in [3.8, 4) is 28.5 Å². The lowest BCUT2D eigenvalue weighted by Crippen LogP contribution is -1.97. The third kappa shape index (κ3) is 3.11. The predicted octanol–water partition coefficient (Wildman–Crippen LogP) is 5.33. The molecule has 2 aromatic heterocycles. The summed E-state index contributed by atoms with van der Waals surface area (Å²) in [5.74, 6) is 1.27. The Morgan fingerprint density at radius 2 is 1.73 bits per heavy atom. The van der Waals surface area contributed by atoms with E-state index in [1.807, 2.05) is 61.5 Å². The normalized spacial score (nSPS) is 10.9. The Hall–Kier alpha value is -2.98. The molecule has 0 fully saturated rings. The number of rotatable bonds is 3. The van der Waals surface area contributed by atoms with Crippen LogP contribution in [0.5, 0.6) is 5.75 Å². The van der Waals surface area contributed by atoms with Crippen molar-refractivity contribution in [3.05, 3.63) is 71.4 Å². The lowest BCUT2D eigenvalue weighted by molar-refractivity contribution is 0.415. The number of fused-ring (bicyclic) bond motifs is 1. The molecule has 4 aromatic rings. The van der Waals surface area contributed by atoms with Crippen LogP contribution in [-0.2, 0) is 0 Å². The second-order valence-electron chi connectivity index (χ2n) is 5.96. The molecular weight excluding hydrogens is 346 g/mol. The average Bonchev–Trinajstić information content (AvgIpc) is 2.66. The Morgan fingerprint density at radius 3 is 2.54 bits per heavy atom. The topological polar surface area (TPSA) is 47.9 Å². The number of halogens is 1. The fourth-order valence-corrected chi connectivity index (χ4v) is 3.12. The third-order valence-electron chi connectivity index (χ3n) is 4.10. The Balaban J connectivity index is 2.00. The van der Waals surface area contributed by atoms with Crippen molar-refractivity contribution in [2.24, 2.45) is 0 Å². The first kappa shape index (κ1) is 16.5. The van der Waals surface area contributed by atoms with Crippen LogP contribution in [0.1, 0.15) is 5.69 Å². The van der Waals surface area contributed by atoms with E-state index in [2.05, 4.69) is 4.98 Å². The Kier molecular flexibility index (Phi) is 4.27. The van der Waals surface area contributed by atoms with Crippen LogP contribution in [0.3, 0.4) is 0 Å². The first-order valence-electron chi connectivity index (χ1n) is 8.20. The largest absolute Gasteiger partial charge is 0.497 e. The molecule has 26 heavy (non-hydrogen) atoms. The molecule has 5 heteroatoms. The minimum Gasteiger partial charge on any atom is -0.497 e. The lowest BCUT2D eigenvalue weighted by Gasteiger charge is -2.11. The highest BCUT2D eigenvalue weighted by Gasteiger charge is 2.13. The zero-order valence-corrected chi connectivity index (χ0v) is 15.2. The van der Waals surface area contributed by atoms with E-state index < -0.39 is 0 Å². The number of nitrogens with zero attached hydrogens (tertiary/aromatic N) is 3. The molecule has 128 valence electrons. The van der Waals surface area contributed by atoms with Gasteiger partial charge in [-0.25, -0.2) is 15.0 Å². The third-order valence-corrected chi connectivity index (χ3v) is 4.32. The van der Waals surface area contributed by atoms with Gasteiger partial charge in [-0.05, 0) is 43.3 Å². The van der Waals surface area contributed by atoms with Crippen LogP contribution < -0.4 is 4.74 Å². The van der Waals surface area contributed by atoms with E-state index in [0.717, 1.165) is 33.5 Å². The molecule has 0 amide bonds. The van der Waals surface area contributed by atoms with Crippen molar-refractivity contribution in [3.63, 3.8) is 0 Å². The van der Waals surface area contributed by atoms with E-state index in [9.17, 15) is 0 Å². The predicted molar refractivity (Wildman–Crippen MR) is 105 cm³/mol. The van der Waals surface area contributed by atoms with Crippen molar-refractivity contribution < 1.29 is 4.74 Å². The Labute approximate surface area is 156 Å². The maximum Gasteiger partial charge on any atom is 0.179 e. The Morgan fingerprint density at radius 1 is 0.885 bits per heavy atom. The quantitative estimate of drug-likeness (QED) is 0.495. The van der Waals surface area contributed by atoms with E-state index in [-0.39, 0.29) is 0 Å². The molecule has 0 atom stereocenters. The highest BCUT2D eigenvalue weighted by atomic mass is 35.5. The van der Waals surface area contributed by atoms with Crippen LogP contribution in [0.4, 0.5) is 0 Å². The SMILES string of the molecule is COc1cc(Cl)cc(-c2nc(-c3cccc(C)n3)nc3ccccc23)c1. The zero-order chi connectivity index (χ0) is 18.1. The van der Waals surface area contributed by atoms with Crippen molar-refractivity contribution in [2.75, 3.05) is 7.11 Å². The maximum absolute atomic E-state index is 6.27. The number of para-hydroxylation sites is 1. The van der Waals surface area contributed by atoms with E-state index in [1.54, 1.807) is 13.2 Å². The van der Waals surface area contributed by atoms with Gasteiger partial charge in [-0.15, -0.1) is 0 Å². The number of hydrogen-bond acceptors (Lipinski definition) is 4. The molecule has 0 radical (unpaired) electrons. The maximum atomic E-state index is 6.27. The molecule has 2 aromatic carbocycles. The van der Waals surface area contributed by atoms with Crippen molar-refractivity contribution in [1.29, 1.82) is 0 Å². The van der Waals surface area contributed by atoms with E-state index >= 15 is 0 Å². The van der Waals surface area contributed by atoms with Gasteiger partial charge in [0.1, 0.15) is 11.4 Å². The molecule has 0 aliphatic carbocycles. The van der Waals surface area contributed by atoms with Crippen LogP contribution in [0.2, 0.25) is 5.02 Å². The first-order chi connectivity index (χ1) is 12.6. The molecule has 0 saturated heterocycles. The van der Waals surface area contributed by atoms with E-state index in [0.29, 0.717) is 16.6 Å². The van der Waals surface area contributed by atoms with E-state index in [4.69, 9.17) is 26.3 Å². The summed E-state index contributed by atoms with van der Waals surface area (Å²) in [6.45, 7) is 1.95. The molecule has 0 spiro atoms. The highest BCUT2D eigenvalue weighted by molar-refractivity contribution is 6.31. The highest BCUT2D eigenvalue weighted by Crippen LogP contribution is 2.32. The summed E-state index contributed by atoms with van der Waals surface area (Å²) in [5.41, 5.74) is 4.20. The molecule has 4 nitrogen and oxygen atoms in total. The molecule has 0 aliphatic rings. The van der Waals surface area contributed by atoms with Gasteiger partial charge in [0.2, 0.25) is 0 Å².